The van der Waals surface area contributed by atoms with Gasteiger partial charge >= 0.3 is 5.97 Å². The molecule has 0 saturated carbocycles. The van der Waals surface area contributed by atoms with Crippen LogP contribution in [0.5, 0.6) is 0 Å². The number of rotatable bonds is 5. The van der Waals surface area contributed by atoms with Crippen molar-refractivity contribution in [2.24, 2.45) is 0 Å². The summed E-state index contributed by atoms with van der Waals surface area (Å²) < 4.78 is 21.7. The molecule has 1 aliphatic heterocycles. The maximum atomic E-state index is 11.2. The van der Waals surface area contributed by atoms with E-state index >= 15 is 0 Å². The second-order valence-corrected chi connectivity index (χ2v) is 12.2. The van der Waals surface area contributed by atoms with Gasteiger partial charge in [-0.25, -0.2) is 0 Å². The molecule has 2 N–H and O–H groups in total. The Labute approximate surface area is 139 Å². The molecule has 1 rings (SSSR count). The van der Waals surface area contributed by atoms with Crippen LogP contribution in [0.25, 0.3) is 0 Å². The van der Waals surface area contributed by atoms with Gasteiger partial charge in [0, 0.05) is 14.0 Å². The fraction of sp³-hybridized carbons (Fsp3) is 0.933. The van der Waals surface area contributed by atoms with Gasteiger partial charge in [0.25, 0.3) is 0 Å². The van der Waals surface area contributed by atoms with Gasteiger partial charge in [0.2, 0.25) is 0 Å². The number of hydrogen-bond acceptors (Lipinski definition) is 7. The van der Waals surface area contributed by atoms with E-state index in [-0.39, 0.29) is 11.6 Å². The second kappa shape index (κ2) is 7.58. The fourth-order valence-corrected chi connectivity index (χ4v) is 3.09. The summed E-state index contributed by atoms with van der Waals surface area (Å²) in [5.74, 6) is -0.589. The minimum Gasteiger partial charge on any atom is -0.457 e. The van der Waals surface area contributed by atoms with Gasteiger partial charge in [-0.3, -0.25) is 4.79 Å². The molecule has 8 heteroatoms. The van der Waals surface area contributed by atoms with Gasteiger partial charge in [-0.15, -0.1) is 0 Å². The van der Waals surface area contributed by atoms with Crippen molar-refractivity contribution in [1.29, 1.82) is 0 Å². The molecule has 23 heavy (non-hydrogen) atoms. The molecule has 0 aromatic carbocycles. The molecule has 1 aliphatic rings. The van der Waals surface area contributed by atoms with E-state index in [0.29, 0.717) is 0 Å². The van der Waals surface area contributed by atoms with Gasteiger partial charge < -0.3 is 28.8 Å². The highest BCUT2D eigenvalue weighted by Gasteiger charge is 2.48. The summed E-state index contributed by atoms with van der Waals surface area (Å²) in [6.07, 6.45) is -5.30. The van der Waals surface area contributed by atoms with Crippen molar-refractivity contribution in [1.82, 2.24) is 0 Å². The van der Waals surface area contributed by atoms with Gasteiger partial charge in [-0.2, -0.15) is 0 Å². The summed E-state index contributed by atoms with van der Waals surface area (Å²) in [4.78, 5) is 11.2. The molecule has 0 bridgehead atoms. The first-order chi connectivity index (χ1) is 10.4. The van der Waals surface area contributed by atoms with Crippen molar-refractivity contribution in [3.63, 3.8) is 0 Å². The summed E-state index contributed by atoms with van der Waals surface area (Å²) in [7, 11) is -0.647. The van der Waals surface area contributed by atoms with E-state index in [4.69, 9.17) is 18.6 Å². The maximum absolute atomic E-state index is 11.2. The Morgan fingerprint density at radius 3 is 2.22 bits per heavy atom. The van der Waals surface area contributed by atoms with Crippen molar-refractivity contribution in [2.75, 3.05) is 13.7 Å². The van der Waals surface area contributed by atoms with E-state index in [1.807, 2.05) is 0 Å². The van der Waals surface area contributed by atoms with Gasteiger partial charge in [0.1, 0.15) is 18.3 Å². The smallest absolute Gasteiger partial charge is 0.303 e. The Balaban J connectivity index is 2.83. The van der Waals surface area contributed by atoms with E-state index < -0.39 is 45.0 Å². The lowest BCUT2D eigenvalue weighted by Crippen LogP contribution is -2.61. The highest BCUT2D eigenvalue weighted by Crippen LogP contribution is 2.37. The van der Waals surface area contributed by atoms with Crippen LogP contribution in [0.3, 0.4) is 0 Å². The maximum Gasteiger partial charge on any atom is 0.303 e. The number of aliphatic hydroxyl groups excluding tert-OH is 2. The van der Waals surface area contributed by atoms with Crippen LogP contribution in [-0.2, 0) is 23.4 Å². The van der Waals surface area contributed by atoms with Gasteiger partial charge in [0.15, 0.2) is 20.7 Å². The topological polar surface area (TPSA) is 94.5 Å². The second-order valence-electron chi connectivity index (χ2n) is 7.41. The Morgan fingerprint density at radius 2 is 1.78 bits per heavy atom. The summed E-state index contributed by atoms with van der Waals surface area (Å²) >= 11 is 0. The van der Waals surface area contributed by atoms with E-state index in [0.717, 1.165) is 0 Å². The number of carbonyl (C=O) groups is 1. The molecule has 136 valence electrons. The van der Waals surface area contributed by atoms with Crippen molar-refractivity contribution in [3.8, 4) is 0 Å². The van der Waals surface area contributed by atoms with Crippen molar-refractivity contribution in [3.05, 3.63) is 0 Å². The number of methoxy groups -OCH3 is 1. The fourth-order valence-electron chi connectivity index (χ4n) is 2.07. The molecule has 1 fully saturated rings. The average Bonchev–Trinajstić information content (AvgIpc) is 2.41. The zero-order chi connectivity index (χ0) is 18.0. The summed E-state index contributed by atoms with van der Waals surface area (Å²) in [6.45, 7) is 11.9. The monoisotopic (exact) mass is 350 g/mol. The number of ether oxygens (including phenoxy) is 3. The number of carbonyl (C=O) groups excluding carboxylic acids is 1. The highest BCUT2D eigenvalue weighted by molar-refractivity contribution is 6.74. The molecule has 0 amide bonds. The lowest BCUT2D eigenvalue weighted by Gasteiger charge is -2.43. The predicted octanol–water partition coefficient (Wildman–Crippen LogP) is 1.03. The van der Waals surface area contributed by atoms with Crippen molar-refractivity contribution < 1.29 is 33.6 Å². The van der Waals surface area contributed by atoms with Gasteiger partial charge in [0.05, 0.1) is 6.61 Å². The van der Waals surface area contributed by atoms with Crippen LogP contribution in [0.4, 0.5) is 0 Å². The summed E-state index contributed by atoms with van der Waals surface area (Å²) in [5.41, 5.74) is 0. The third-order valence-electron chi connectivity index (χ3n) is 4.59. The standard InChI is InChI=1S/C15H30O7Si/c1-9(16)21-13-11(17)10(22-14(19-5)12(13)18)8-20-23(6,7)15(2,3)4/h10-14,17-18H,8H2,1-7H3/t10-,11+,12-,13+,14+/m1/s1. The number of hydrogen-bond donors (Lipinski definition) is 2. The van der Waals surface area contributed by atoms with Crippen LogP contribution in [0, 0.1) is 0 Å². The van der Waals surface area contributed by atoms with E-state index in [2.05, 4.69) is 33.9 Å². The molecule has 0 aromatic heterocycles. The molecule has 7 nitrogen and oxygen atoms in total. The SMILES string of the molecule is CO[C@H]1O[C@H](CO[Si](C)(C)C(C)(C)C)[C@H](O)[C@H](OC(C)=O)[C@H]1O. The molecule has 5 atom stereocenters. The minimum atomic E-state index is -2.02. The Morgan fingerprint density at radius 1 is 1.22 bits per heavy atom. The minimum absolute atomic E-state index is 0.0159. The summed E-state index contributed by atoms with van der Waals surface area (Å²) in [5, 5.41) is 20.5. The van der Waals surface area contributed by atoms with Crippen LogP contribution in [0.15, 0.2) is 0 Å². The van der Waals surface area contributed by atoms with Crippen LogP contribution in [0.1, 0.15) is 27.7 Å². The number of esters is 1. The molecule has 0 radical (unpaired) electrons. The third-order valence-corrected chi connectivity index (χ3v) is 9.09. The lowest BCUT2D eigenvalue weighted by atomic mass is 9.99. The zero-order valence-corrected chi connectivity index (χ0v) is 16.0. The first kappa shape index (κ1) is 20.5. The Bertz CT molecular complexity index is 407. The molecule has 0 spiro atoms. The third kappa shape index (κ3) is 4.98. The quantitative estimate of drug-likeness (QED) is 0.565. The zero-order valence-electron chi connectivity index (χ0n) is 15.0. The van der Waals surface area contributed by atoms with E-state index in [1.165, 1.54) is 14.0 Å². The normalized spacial score (nSPS) is 32.7. The summed E-state index contributed by atoms with van der Waals surface area (Å²) in [6, 6.07) is 0. The molecular weight excluding hydrogens is 320 g/mol. The van der Waals surface area contributed by atoms with E-state index in [9.17, 15) is 15.0 Å². The largest absolute Gasteiger partial charge is 0.457 e. The number of aliphatic hydroxyl groups is 2. The van der Waals surface area contributed by atoms with Crippen LogP contribution in [-0.4, -0.2) is 68.9 Å². The van der Waals surface area contributed by atoms with Crippen molar-refractivity contribution in [2.45, 2.75) is 76.5 Å². The predicted molar refractivity (Wildman–Crippen MR) is 86.4 cm³/mol. The molecule has 1 heterocycles. The first-order valence-electron chi connectivity index (χ1n) is 7.76. The van der Waals surface area contributed by atoms with Gasteiger partial charge in [-0.1, -0.05) is 20.8 Å². The van der Waals surface area contributed by atoms with Crippen LogP contribution >= 0.6 is 0 Å². The van der Waals surface area contributed by atoms with Crippen LogP contribution < -0.4 is 0 Å². The molecule has 1 saturated heterocycles. The lowest BCUT2D eigenvalue weighted by molar-refractivity contribution is -0.296. The van der Waals surface area contributed by atoms with Crippen LogP contribution in [0.2, 0.25) is 18.1 Å². The Hall–Kier alpha value is -0.513. The van der Waals surface area contributed by atoms with E-state index in [1.54, 1.807) is 0 Å². The van der Waals surface area contributed by atoms with Gasteiger partial charge in [-0.05, 0) is 18.1 Å². The van der Waals surface area contributed by atoms with Crippen molar-refractivity contribution >= 4 is 14.3 Å². The Kier molecular flexibility index (Phi) is 6.77. The first-order valence-corrected chi connectivity index (χ1v) is 10.7. The molecule has 0 unspecified atom stereocenters. The average molecular weight is 350 g/mol. The molecular formula is C15H30O7Si. The highest BCUT2D eigenvalue weighted by atomic mass is 28.4. The molecule has 0 aromatic rings. The molecule has 0 aliphatic carbocycles.